The minimum absolute atomic E-state index is 0.0513. The van der Waals surface area contributed by atoms with Crippen LogP contribution in [0.2, 0.25) is 0 Å². The molecule has 11 heteroatoms. The van der Waals surface area contributed by atoms with Crippen LogP contribution in [-0.2, 0) is 0 Å². The monoisotopic (exact) mass is 516 g/mol. The third-order valence-corrected chi connectivity index (χ3v) is 6.25. The van der Waals surface area contributed by atoms with E-state index in [1.165, 1.54) is 12.1 Å². The van der Waals surface area contributed by atoms with Crippen molar-refractivity contribution in [1.29, 1.82) is 0 Å². The summed E-state index contributed by atoms with van der Waals surface area (Å²) in [5.74, 6) is 0.225. The number of hydrogen-bond acceptors (Lipinski definition) is 9. The second-order valence-electron chi connectivity index (χ2n) is 8.04. The van der Waals surface area contributed by atoms with E-state index in [0.29, 0.717) is 32.7 Å². The molecule has 3 aromatic carbocycles. The summed E-state index contributed by atoms with van der Waals surface area (Å²) in [7, 11) is 5.49. The van der Waals surface area contributed by atoms with Crippen molar-refractivity contribution < 1.29 is 14.5 Å². The van der Waals surface area contributed by atoms with Crippen LogP contribution in [0.1, 0.15) is 15.2 Å². The molecule has 10 nitrogen and oxygen atoms in total. The molecule has 0 radical (unpaired) electrons. The first kappa shape index (κ1) is 25.3. The van der Waals surface area contributed by atoms with Gasteiger partial charge in [-0.3, -0.25) is 20.3 Å². The van der Waals surface area contributed by atoms with Crippen LogP contribution in [0.3, 0.4) is 0 Å². The number of carbonyl (C=O) groups excluding carboxylic acids is 1. The highest BCUT2D eigenvalue weighted by molar-refractivity contribution is 7.18. The lowest BCUT2D eigenvalue weighted by molar-refractivity contribution is -0.384. The molecule has 1 aromatic heterocycles. The van der Waals surface area contributed by atoms with E-state index >= 15 is 0 Å². The number of aromatic nitrogens is 1. The highest BCUT2D eigenvalue weighted by Crippen LogP contribution is 2.33. The highest BCUT2D eigenvalue weighted by atomic mass is 32.1. The van der Waals surface area contributed by atoms with E-state index in [0.717, 1.165) is 22.6 Å². The largest absolute Gasteiger partial charge is 0.497 e. The van der Waals surface area contributed by atoms with E-state index < -0.39 is 4.92 Å². The summed E-state index contributed by atoms with van der Waals surface area (Å²) in [5, 5.41) is 18.6. The van der Waals surface area contributed by atoms with Gasteiger partial charge in [0.05, 0.1) is 23.9 Å². The fourth-order valence-electron chi connectivity index (χ4n) is 3.37. The van der Waals surface area contributed by atoms with Gasteiger partial charge in [0.2, 0.25) is 5.13 Å². The summed E-state index contributed by atoms with van der Waals surface area (Å²) < 4.78 is 5.22. The number of carbonyl (C=O) groups is 1. The number of anilines is 3. The van der Waals surface area contributed by atoms with Gasteiger partial charge < -0.3 is 15.0 Å². The quantitative estimate of drug-likeness (QED) is 0.171. The number of benzene rings is 3. The van der Waals surface area contributed by atoms with Crippen molar-refractivity contribution in [2.75, 3.05) is 36.8 Å². The maximum Gasteiger partial charge on any atom is 0.269 e. The number of amides is 1. The molecule has 1 heterocycles. The van der Waals surface area contributed by atoms with Gasteiger partial charge in [0.25, 0.3) is 11.6 Å². The fraction of sp³-hybridized carbons (Fsp3) is 0.115. The van der Waals surface area contributed by atoms with Gasteiger partial charge in [-0.15, -0.1) is 0 Å². The summed E-state index contributed by atoms with van der Waals surface area (Å²) in [6.45, 7) is 0. The van der Waals surface area contributed by atoms with Gasteiger partial charge in [-0.1, -0.05) is 29.5 Å². The SMILES string of the molecule is COc1cccc(NC(=O)c2sc(NN=Cc3ccc(N(C)C)cc3)nc2-c2ccc([N+](=O)[O-])cc2)c1. The zero-order valence-corrected chi connectivity index (χ0v) is 21.2. The second-order valence-corrected chi connectivity index (χ2v) is 9.04. The third-order valence-electron chi connectivity index (χ3n) is 5.30. The van der Waals surface area contributed by atoms with Crippen molar-refractivity contribution >= 4 is 45.7 Å². The van der Waals surface area contributed by atoms with Crippen LogP contribution in [-0.4, -0.2) is 43.2 Å². The molecule has 0 aliphatic rings. The molecule has 0 spiro atoms. The Balaban J connectivity index is 1.60. The van der Waals surface area contributed by atoms with Crippen LogP contribution in [0.25, 0.3) is 11.3 Å². The Morgan fingerprint density at radius 2 is 1.84 bits per heavy atom. The van der Waals surface area contributed by atoms with Crippen LogP contribution in [0.15, 0.2) is 77.9 Å². The molecule has 2 N–H and O–H groups in total. The smallest absolute Gasteiger partial charge is 0.269 e. The predicted molar refractivity (Wildman–Crippen MR) is 147 cm³/mol. The van der Waals surface area contributed by atoms with Crippen LogP contribution in [0.5, 0.6) is 5.75 Å². The van der Waals surface area contributed by atoms with Crippen molar-refractivity contribution in [3.8, 4) is 17.0 Å². The summed E-state index contributed by atoms with van der Waals surface area (Å²) >= 11 is 1.12. The first-order chi connectivity index (χ1) is 17.8. The minimum Gasteiger partial charge on any atom is -0.497 e. The normalized spacial score (nSPS) is 10.8. The van der Waals surface area contributed by atoms with Crippen LogP contribution in [0.4, 0.5) is 22.2 Å². The van der Waals surface area contributed by atoms with Crippen LogP contribution in [0, 0.1) is 10.1 Å². The maximum absolute atomic E-state index is 13.2. The number of nitrogens with zero attached hydrogens (tertiary/aromatic N) is 4. The molecule has 0 saturated carbocycles. The fourth-order valence-corrected chi connectivity index (χ4v) is 4.20. The number of rotatable bonds is 9. The molecule has 188 valence electrons. The van der Waals surface area contributed by atoms with E-state index in [4.69, 9.17) is 4.74 Å². The van der Waals surface area contributed by atoms with Gasteiger partial charge in [0.15, 0.2) is 0 Å². The molecule has 0 bridgehead atoms. The molecule has 0 aliphatic heterocycles. The first-order valence-corrected chi connectivity index (χ1v) is 11.9. The Bertz CT molecular complexity index is 1430. The molecule has 0 fully saturated rings. The molecule has 0 saturated heterocycles. The van der Waals surface area contributed by atoms with E-state index in [1.54, 1.807) is 49.7 Å². The Morgan fingerprint density at radius 3 is 2.49 bits per heavy atom. The standard InChI is InChI=1S/C26H24N6O4S/c1-31(2)20-11-7-17(8-12-20)16-27-30-26-29-23(18-9-13-21(14-10-18)32(34)35)24(37-26)25(33)28-19-5-4-6-22(15-19)36-3/h4-16H,1-3H3,(H,28,33)(H,29,30). The second kappa shape index (κ2) is 11.3. The Labute approximate surface area is 217 Å². The molecule has 1 amide bonds. The molecular formula is C26H24N6O4S. The lowest BCUT2D eigenvalue weighted by atomic mass is 10.1. The number of thiazole rings is 1. The number of nitro groups is 1. The molecule has 0 atom stereocenters. The lowest BCUT2D eigenvalue weighted by Crippen LogP contribution is -2.11. The Hall–Kier alpha value is -4.77. The van der Waals surface area contributed by atoms with Crippen molar-refractivity contribution in [3.05, 3.63) is 93.4 Å². The van der Waals surface area contributed by atoms with Gasteiger partial charge >= 0.3 is 0 Å². The van der Waals surface area contributed by atoms with Crippen LogP contribution >= 0.6 is 11.3 Å². The van der Waals surface area contributed by atoms with Crippen molar-refractivity contribution in [3.63, 3.8) is 0 Å². The predicted octanol–water partition coefficient (Wildman–Crippen LogP) is 5.49. The summed E-state index contributed by atoms with van der Waals surface area (Å²) in [6, 6.07) is 20.7. The Kier molecular flexibility index (Phi) is 7.74. The number of nitro benzene ring substituents is 1. The number of nitrogens with one attached hydrogen (secondary N) is 2. The van der Waals surface area contributed by atoms with E-state index in [2.05, 4.69) is 20.8 Å². The minimum atomic E-state index is -0.478. The molecule has 0 unspecified atom stereocenters. The van der Waals surface area contributed by atoms with Crippen molar-refractivity contribution in [2.45, 2.75) is 0 Å². The molecule has 37 heavy (non-hydrogen) atoms. The molecule has 4 aromatic rings. The number of hydrogen-bond donors (Lipinski definition) is 2. The maximum atomic E-state index is 13.2. The van der Waals surface area contributed by atoms with Gasteiger partial charge in [-0.2, -0.15) is 5.10 Å². The highest BCUT2D eigenvalue weighted by Gasteiger charge is 2.21. The molecule has 4 rings (SSSR count). The van der Waals surface area contributed by atoms with Gasteiger partial charge in [0.1, 0.15) is 10.6 Å². The van der Waals surface area contributed by atoms with Gasteiger partial charge in [0, 0.05) is 49.2 Å². The van der Waals surface area contributed by atoms with Gasteiger partial charge in [-0.25, -0.2) is 4.98 Å². The van der Waals surface area contributed by atoms with Crippen molar-refractivity contribution in [1.82, 2.24) is 4.98 Å². The van der Waals surface area contributed by atoms with E-state index in [9.17, 15) is 14.9 Å². The molecular weight excluding hydrogens is 492 g/mol. The zero-order valence-electron chi connectivity index (χ0n) is 20.3. The summed E-state index contributed by atoms with van der Waals surface area (Å²) in [6.07, 6.45) is 1.66. The van der Waals surface area contributed by atoms with Crippen molar-refractivity contribution in [2.24, 2.45) is 5.10 Å². The average Bonchev–Trinajstić information content (AvgIpc) is 3.33. The summed E-state index contributed by atoms with van der Waals surface area (Å²) in [4.78, 5) is 30.7. The van der Waals surface area contributed by atoms with E-state index in [-0.39, 0.29) is 11.6 Å². The zero-order chi connectivity index (χ0) is 26.4. The first-order valence-electron chi connectivity index (χ1n) is 11.1. The molecule has 0 aliphatic carbocycles. The number of ether oxygens (including phenoxy) is 1. The lowest BCUT2D eigenvalue weighted by Gasteiger charge is -2.11. The van der Waals surface area contributed by atoms with Crippen LogP contribution < -0.4 is 20.4 Å². The number of hydrazone groups is 1. The van der Waals surface area contributed by atoms with E-state index in [1.807, 2.05) is 43.3 Å². The summed E-state index contributed by atoms with van der Waals surface area (Å²) in [5.41, 5.74) is 6.30. The topological polar surface area (TPSA) is 122 Å². The average molecular weight is 517 g/mol. The third kappa shape index (κ3) is 6.27. The van der Waals surface area contributed by atoms with Gasteiger partial charge in [-0.05, 0) is 42.0 Å². The number of non-ortho nitro benzene ring substituents is 1. The Morgan fingerprint density at radius 1 is 1.11 bits per heavy atom. The number of methoxy groups -OCH3 is 1.